The second kappa shape index (κ2) is 3.89. The Labute approximate surface area is 94.8 Å². The molecule has 2 heterocycles. The van der Waals surface area contributed by atoms with Crippen LogP contribution in [0.3, 0.4) is 0 Å². The maximum Gasteiger partial charge on any atom is 0.123 e. The van der Waals surface area contributed by atoms with Crippen LogP contribution in [0.4, 0.5) is 10.1 Å². The highest BCUT2D eigenvalue weighted by molar-refractivity contribution is 5.87. The van der Waals surface area contributed by atoms with Crippen molar-refractivity contribution in [3.63, 3.8) is 0 Å². The molecule has 2 aliphatic heterocycles. The summed E-state index contributed by atoms with van der Waals surface area (Å²) in [4.78, 5) is 6.94. The highest BCUT2D eigenvalue weighted by Crippen LogP contribution is 2.29. The van der Waals surface area contributed by atoms with E-state index in [0.29, 0.717) is 0 Å². The zero-order chi connectivity index (χ0) is 11.0. The monoisotopic (exact) mass is 218 g/mol. The van der Waals surface area contributed by atoms with Gasteiger partial charge in [-0.15, -0.1) is 0 Å². The van der Waals surface area contributed by atoms with Crippen molar-refractivity contribution in [2.45, 2.75) is 32.2 Å². The second-order valence-electron chi connectivity index (χ2n) is 4.53. The van der Waals surface area contributed by atoms with Crippen LogP contribution >= 0.6 is 0 Å². The van der Waals surface area contributed by atoms with Gasteiger partial charge in [0.2, 0.25) is 0 Å². The maximum absolute atomic E-state index is 13.1. The molecule has 0 aliphatic carbocycles. The average Bonchev–Trinajstić information content (AvgIpc) is 2.50. The van der Waals surface area contributed by atoms with E-state index in [9.17, 15) is 4.39 Å². The Balaban J connectivity index is 1.99. The maximum atomic E-state index is 13.1. The van der Waals surface area contributed by atoms with Crippen molar-refractivity contribution >= 4 is 11.5 Å². The SMILES string of the molecule is Fc1ccc2c(c1)CN1CCCCCC1=N2. The van der Waals surface area contributed by atoms with E-state index in [1.165, 1.54) is 31.2 Å². The molecule has 0 amide bonds. The Morgan fingerprint density at radius 1 is 1.19 bits per heavy atom. The van der Waals surface area contributed by atoms with E-state index in [0.717, 1.165) is 30.8 Å². The first-order chi connectivity index (χ1) is 7.83. The normalized spacial score (nSPS) is 19.6. The topological polar surface area (TPSA) is 15.6 Å². The minimum Gasteiger partial charge on any atom is -0.356 e. The molecule has 0 radical (unpaired) electrons. The van der Waals surface area contributed by atoms with Crippen LogP contribution < -0.4 is 0 Å². The first kappa shape index (κ1) is 9.82. The van der Waals surface area contributed by atoms with E-state index < -0.39 is 0 Å². The van der Waals surface area contributed by atoms with Crippen LogP contribution in [0.2, 0.25) is 0 Å². The standard InChI is InChI=1S/C13H15FN2/c14-11-5-6-12-10(8-11)9-16-7-3-1-2-4-13(16)15-12/h5-6,8H,1-4,7,9H2. The lowest BCUT2D eigenvalue weighted by molar-refractivity contribution is 0.402. The van der Waals surface area contributed by atoms with Gasteiger partial charge in [0.15, 0.2) is 0 Å². The molecule has 0 bridgehead atoms. The molecule has 1 fully saturated rings. The molecule has 0 N–H and O–H groups in total. The van der Waals surface area contributed by atoms with Gasteiger partial charge in [-0.1, -0.05) is 6.42 Å². The van der Waals surface area contributed by atoms with Gasteiger partial charge >= 0.3 is 0 Å². The molecule has 1 aromatic carbocycles. The van der Waals surface area contributed by atoms with Gasteiger partial charge in [-0.3, -0.25) is 0 Å². The van der Waals surface area contributed by atoms with Crippen LogP contribution in [0.1, 0.15) is 31.2 Å². The van der Waals surface area contributed by atoms with Crippen molar-refractivity contribution < 1.29 is 4.39 Å². The fraction of sp³-hybridized carbons (Fsp3) is 0.462. The van der Waals surface area contributed by atoms with Gasteiger partial charge in [-0.2, -0.15) is 0 Å². The minimum atomic E-state index is -0.160. The van der Waals surface area contributed by atoms with Crippen LogP contribution in [0, 0.1) is 5.82 Å². The molecule has 0 unspecified atom stereocenters. The smallest absolute Gasteiger partial charge is 0.123 e. The summed E-state index contributed by atoms with van der Waals surface area (Å²) in [6.45, 7) is 1.89. The summed E-state index contributed by atoms with van der Waals surface area (Å²) in [6, 6.07) is 4.90. The molecule has 2 aliphatic rings. The number of hydrogen-bond acceptors (Lipinski definition) is 2. The molecule has 1 saturated heterocycles. The number of nitrogens with zero attached hydrogens (tertiary/aromatic N) is 2. The fourth-order valence-electron chi connectivity index (χ4n) is 2.48. The van der Waals surface area contributed by atoms with Gasteiger partial charge < -0.3 is 4.90 Å². The van der Waals surface area contributed by atoms with Crippen LogP contribution in [-0.2, 0) is 6.54 Å². The molecular weight excluding hydrogens is 203 g/mol. The number of amidine groups is 1. The Kier molecular flexibility index (Phi) is 2.39. The van der Waals surface area contributed by atoms with Gasteiger partial charge in [0, 0.05) is 25.1 Å². The van der Waals surface area contributed by atoms with E-state index in [2.05, 4.69) is 9.89 Å². The third-order valence-corrected chi connectivity index (χ3v) is 3.35. The molecular formula is C13H15FN2. The Morgan fingerprint density at radius 3 is 3.06 bits per heavy atom. The van der Waals surface area contributed by atoms with Gasteiger partial charge in [-0.25, -0.2) is 9.38 Å². The average molecular weight is 218 g/mol. The summed E-state index contributed by atoms with van der Waals surface area (Å²) in [5.41, 5.74) is 1.97. The van der Waals surface area contributed by atoms with Crippen LogP contribution in [0.5, 0.6) is 0 Å². The van der Waals surface area contributed by atoms with Crippen molar-refractivity contribution in [1.29, 1.82) is 0 Å². The number of halogens is 1. The summed E-state index contributed by atoms with van der Waals surface area (Å²) in [6.07, 6.45) is 4.80. The van der Waals surface area contributed by atoms with E-state index >= 15 is 0 Å². The van der Waals surface area contributed by atoms with Gasteiger partial charge in [-0.05, 0) is 31.0 Å². The zero-order valence-electron chi connectivity index (χ0n) is 9.25. The van der Waals surface area contributed by atoms with Crippen LogP contribution in [-0.4, -0.2) is 17.3 Å². The summed E-state index contributed by atoms with van der Waals surface area (Å²) < 4.78 is 13.1. The number of fused-ring (bicyclic) bond motifs is 2. The quantitative estimate of drug-likeness (QED) is 0.652. The summed E-state index contributed by atoms with van der Waals surface area (Å²) in [5, 5.41) is 0. The number of benzene rings is 1. The number of aliphatic imine (C=N–C) groups is 1. The molecule has 3 rings (SSSR count). The number of rotatable bonds is 0. The van der Waals surface area contributed by atoms with Crippen LogP contribution in [0.25, 0.3) is 0 Å². The minimum absolute atomic E-state index is 0.160. The van der Waals surface area contributed by atoms with Crippen LogP contribution in [0.15, 0.2) is 23.2 Å². The lowest BCUT2D eigenvalue weighted by Gasteiger charge is -2.29. The van der Waals surface area contributed by atoms with Crippen molar-refractivity contribution in [2.24, 2.45) is 4.99 Å². The summed E-state index contributed by atoms with van der Waals surface area (Å²) in [5.74, 6) is 1.03. The van der Waals surface area contributed by atoms with Gasteiger partial charge in [0.05, 0.1) is 5.69 Å². The molecule has 84 valence electrons. The van der Waals surface area contributed by atoms with E-state index in [1.807, 2.05) is 0 Å². The first-order valence-corrected chi connectivity index (χ1v) is 5.94. The zero-order valence-corrected chi connectivity index (χ0v) is 9.25. The molecule has 0 spiro atoms. The molecule has 16 heavy (non-hydrogen) atoms. The van der Waals surface area contributed by atoms with E-state index in [4.69, 9.17) is 0 Å². The molecule has 1 aromatic rings. The number of hydrogen-bond donors (Lipinski definition) is 0. The second-order valence-corrected chi connectivity index (χ2v) is 4.53. The molecule has 3 heteroatoms. The third kappa shape index (κ3) is 1.70. The summed E-state index contributed by atoms with van der Waals surface area (Å²) in [7, 11) is 0. The molecule has 0 atom stereocenters. The molecule has 2 nitrogen and oxygen atoms in total. The van der Waals surface area contributed by atoms with Gasteiger partial charge in [0.1, 0.15) is 11.7 Å². The Morgan fingerprint density at radius 2 is 2.12 bits per heavy atom. The van der Waals surface area contributed by atoms with Crippen molar-refractivity contribution in [3.05, 3.63) is 29.6 Å². The fourth-order valence-corrected chi connectivity index (χ4v) is 2.48. The molecule has 0 saturated carbocycles. The van der Waals surface area contributed by atoms with Crippen molar-refractivity contribution in [1.82, 2.24) is 4.90 Å². The van der Waals surface area contributed by atoms with Crippen molar-refractivity contribution in [2.75, 3.05) is 6.54 Å². The lowest BCUT2D eigenvalue weighted by Crippen LogP contribution is -2.32. The van der Waals surface area contributed by atoms with E-state index in [-0.39, 0.29) is 5.82 Å². The Bertz CT molecular complexity index is 440. The third-order valence-electron chi connectivity index (χ3n) is 3.35. The van der Waals surface area contributed by atoms with Crippen molar-refractivity contribution in [3.8, 4) is 0 Å². The predicted octanol–water partition coefficient (Wildman–Crippen LogP) is 3.25. The van der Waals surface area contributed by atoms with E-state index in [1.54, 1.807) is 12.1 Å². The summed E-state index contributed by atoms with van der Waals surface area (Å²) >= 11 is 0. The molecule has 0 aromatic heterocycles. The largest absolute Gasteiger partial charge is 0.356 e. The highest BCUT2D eigenvalue weighted by Gasteiger charge is 2.21. The Hall–Kier alpha value is -1.38. The first-order valence-electron chi connectivity index (χ1n) is 5.94. The highest BCUT2D eigenvalue weighted by atomic mass is 19.1. The lowest BCUT2D eigenvalue weighted by atomic mass is 10.1. The van der Waals surface area contributed by atoms with Gasteiger partial charge in [0.25, 0.3) is 0 Å². The predicted molar refractivity (Wildman–Crippen MR) is 62.4 cm³/mol.